The van der Waals surface area contributed by atoms with Gasteiger partial charge in [0.05, 0.1) is 18.8 Å². The first-order valence-corrected chi connectivity index (χ1v) is 4.95. The van der Waals surface area contributed by atoms with Gasteiger partial charge in [-0.2, -0.15) is 0 Å². The van der Waals surface area contributed by atoms with Crippen LogP contribution in [-0.2, 0) is 9.59 Å². The molecule has 2 amide bonds. The third-order valence-corrected chi connectivity index (χ3v) is 2.04. The molecule has 6 N–H and O–H groups in total. The van der Waals surface area contributed by atoms with E-state index in [1.54, 1.807) is 19.1 Å². The smallest absolute Gasteiger partial charge is 0.237 e. The zero-order chi connectivity index (χ0) is 13.0. The summed E-state index contributed by atoms with van der Waals surface area (Å²) < 4.78 is 0. The second-order valence-corrected chi connectivity index (χ2v) is 3.65. The van der Waals surface area contributed by atoms with Gasteiger partial charge in [0.15, 0.2) is 5.82 Å². The van der Waals surface area contributed by atoms with Crippen LogP contribution in [0.3, 0.4) is 0 Å². The number of carbonyl (C=O) groups excluding carboxylic acids is 2. The van der Waals surface area contributed by atoms with Gasteiger partial charge < -0.3 is 22.1 Å². The molecule has 0 radical (unpaired) electrons. The van der Waals surface area contributed by atoms with E-state index in [-0.39, 0.29) is 13.1 Å². The molecular weight excluding hydrogens is 222 g/mol. The van der Waals surface area contributed by atoms with Crippen LogP contribution in [0.4, 0.5) is 11.5 Å². The molecule has 0 saturated heterocycles. The zero-order valence-electron chi connectivity index (χ0n) is 9.51. The fourth-order valence-corrected chi connectivity index (χ4v) is 1.39. The molecule has 1 heterocycles. The Labute approximate surface area is 98.6 Å². The van der Waals surface area contributed by atoms with Gasteiger partial charge in [-0.15, -0.1) is 0 Å². The molecule has 0 bridgehead atoms. The maximum atomic E-state index is 10.9. The molecule has 0 saturated carbocycles. The number of amides is 2. The van der Waals surface area contributed by atoms with Crippen molar-refractivity contribution in [3.05, 3.63) is 17.8 Å². The van der Waals surface area contributed by atoms with E-state index in [2.05, 4.69) is 4.98 Å². The summed E-state index contributed by atoms with van der Waals surface area (Å²) in [5, 5.41) is 0. The van der Waals surface area contributed by atoms with Gasteiger partial charge in [0, 0.05) is 5.69 Å². The van der Waals surface area contributed by atoms with E-state index in [1.165, 1.54) is 4.90 Å². The predicted octanol–water partition coefficient (Wildman–Crippen LogP) is -1.25. The molecule has 1 aromatic heterocycles. The lowest BCUT2D eigenvalue weighted by molar-refractivity contribution is -0.117. The van der Waals surface area contributed by atoms with Crippen LogP contribution < -0.4 is 22.1 Å². The van der Waals surface area contributed by atoms with Crippen molar-refractivity contribution in [2.45, 2.75) is 6.92 Å². The monoisotopic (exact) mass is 237 g/mol. The number of rotatable bonds is 5. The summed E-state index contributed by atoms with van der Waals surface area (Å²) >= 11 is 0. The fraction of sp³-hybridized carbons (Fsp3) is 0.300. The number of pyridine rings is 1. The van der Waals surface area contributed by atoms with Crippen molar-refractivity contribution >= 4 is 23.3 Å². The summed E-state index contributed by atoms with van der Waals surface area (Å²) in [6.07, 6.45) is 0. The average molecular weight is 237 g/mol. The molecule has 0 atom stereocenters. The van der Waals surface area contributed by atoms with Gasteiger partial charge >= 0.3 is 0 Å². The van der Waals surface area contributed by atoms with Crippen LogP contribution in [0, 0.1) is 6.92 Å². The second kappa shape index (κ2) is 5.15. The summed E-state index contributed by atoms with van der Waals surface area (Å²) in [5.41, 5.74) is 17.0. The molecule has 17 heavy (non-hydrogen) atoms. The number of primary amides is 2. The molecule has 0 unspecified atom stereocenters. The number of hydrogen-bond acceptors (Lipinski definition) is 5. The van der Waals surface area contributed by atoms with Gasteiger partial charge in [0.2, 0.25) is 11.8 Å². The predicted molar refractivity (Wildman–Crippen MR) is 64.0 cm³/mol. The number of hydrogen-bond donors (Lipinski definition) is 3. The number of aryl methyl sites for hydroxylation is 1. The minimum absolute atomic E-state index is 0.163. The van der Waals surface area contributed by atoms with Crippen LogP contribution in [0.15, 0.2) is 12.1 Å². The average Bonchev–Trinajstić information content (AvgIpc) is 2.19. The van der Waals surface area contributed by atoms with Crippen LogP contribution in [0.25, 0.3) is 0 Å². The van der Waals surface area contributed by atoms with E-state index in [0.717, 1.165) is 0 Å². The van der Waals surface area contributed by atoms with E-state index < -0.39 is 11.8 Å². The van der Waals surface area contributed by atoms with E-state index in [4.69, 9.17) is 17.2 Å². The Bertz CT molecular complexity index is 430. The van der Waals surface area contributed by atoms with E-state index in [0.29, 0.717) is 17.2 Å². The van der Waals surface area contributed by atoms with Crippen molar-refractivity contribution in [1.82, 2.24) is 4.98 Å². The minimum atomic E-state index is -0.589. The molecule has 7 heteroatoms. The SMILES string of the molecule is Cc1ccc(N)c(N(CC(N)=O)CC(N)=O)n1. The van der Waals surface area contributed by atoms with Crippen molar-refractivity contribution in [3.63, 3.8) is 0 Å². The summed E-state index contributed by atoms with van der Waals surface area (Å²) in [4.78, 5) is 27.4. The van der Waals surface area contributed by atoms with Crippen LogP contribution in [-0.4, -0.2) is 29.9 Å². The molecule has 7 nitrogen and oxygen atoms in total. The number of aromatic nitrogens is 1. The van der Waals surface area contributed by atoms with Crippen LogP contribution in [0.2, 0.25) is 0 Å². The Morgan fingerprint density at radius 2 is 1.76 bits per heavy atom. The highest BCUT2D eigenvalue weighted by atomic mass is 16.2. The first-order chi connectivity index (χ1) is 7.90. The molecule has 0 aliphatic heterocycles. The number of anilines is 2. The van der Waals surface area contributed by atoms with Crippen molar-refractivity contribution in [3.8, 4) is 0 Å². The standard InChI is InChI=1S/C10H15N5O2/c1-6-2-3-7(11)10(14-6)15(4-8(12)16)5-9(13)17/h2-3H,4-5,11H2,1H3,(H2,12,16)(H2,13,17). The quantitative estimate of drug-likeness (QED) is 0.589. The molecule has 0 aliphatic carbocycles. The Balaban J connectivity index is 3.06. The number of carbonyl (C=O) groups is 2. The maximum Gasteiger partial charge on any atom is 0.237 e. The molecule has 1 aromatic rings. The van der Waals surface area contributed by atoms with Crippen LogP contribution in [0.1, 0.15) is 5.69 Å². The van der Waals surface area contributed by atoms with E-state index in [9.17, 15) is 9.59 Å². The normalized spacial score (nSPS) is 9.94. The minimum Gasteiger partial charge on any atom is -0.396 e. The van der Waals surface area contributed by atoms with Gasteiger partial charge in [0.25, 0.3) is 0 Å². The highest BCUT2D eigenvalue weighted by Crippen LogP contribution is 2.20. The Hall–Kier alpha value is -2.31. The molecule has 92 valence electrons. The van der Waals surface area contributed by atoms with Crippen LogP contribution >= 0.6 is 0 Å². The molecule has 0 fully saturated rings. The summed E-state index contributed by atoms with van der Waals surface area (Å²) in [5.74, 6) is -0.842. The molecule has 0 aromatic carbocycles. The highest BCUT2D eigenvalue weighted by molar-refractivity contribution is 5.85. The fourth-order valence-electron chi connectivity index (χ4n) is 1.39. The lowest BCUT2D eigenvalue weighted by Crippen LogP contribution is -2.40. The maximum absolute atomic E-state index is 10.9. The summed E-state index contributed by atoms with van der Waals surface area (Å²) in [6.45, 7) is 1.45. The lowest BCUT2D eigenvalue weighted by Gasteiger charge is -2.22. The first kappa shape index (κ1) is 12.8. The van der Waals surface area contributed by atoms with Crippen molar-refractivity contribution in [2.75, 3.05) is 23.7 Å². The van der Waals surface area contributed by atoms with Gasteiger partial charge in [-0.25, -0.2) is 4.98 Å². The number of nitrogens with zero attached hydrogens (tertiary/aromatic N) is 2. The Morgan fingerprint density at radius 1 is 1.24 bits per heavy atom. The third kappa shape index (κ3) is 3.63. The largest absolute Gasteiger partial charge is 0.396 e. The molecule has 0 spiro atoms. The zero-order valence-corrected chi connectivity index (χ0v) is 9.51. The van der Waals surface area contributed by atoms with Crippen LogP contribution in [0.5, 0.6) is 0 Å². The van der Waals surface area contributed by atoms with Crippen molar-refractivity contribution < 1.29 is 9.59 Å². The number of nitrogens with two attached hydrogens (primary N) is 3. The Kier molecular flexibility index (Phi) is 3.86. The van der Waals surface area contributed by atoms with Crippen molar-refractivity contribution in [2.24, 2.45) is 11.5 Å². The highest BCUT2D eigenvalue weighted by Gasteiger charge is 2.16. The first-order valence-electron chi connectivity index (χ1n) is 4.95. The second-order valence-electron chi connectivity index (χ2n) is 3.65. The number of nitrogen functional groups attached to an aromatic ring is 1. The third-order valence-electron chi connectivity index (χ3n) is 2.04. The van der Waals surface area contributed by atoms with Gasteiger partial charge in [0.1, 0.15) is 0 Å². The molecule has 0 aliphatic rings. The lowest BCUT2D eigenvalue weighted by atomic mass is 10.3. The van der Waals surface area contributed by atoms with E-state index in [1.807, 2.05) is 0 Å². The molecular formula is C10H15N5O2. The topological polar surface area (TPSA) is 128 Å². The summed E-state index contributed by atoms with van der Waals surface area (Å²) in [7, 11) is 0. The van der Waals surface area contributed by atoms with Crippen molar-refractivity contribution in [1.29, 1.82) is 0 Å². The summed E-state index contributed by atoms with van der Waals surface area (Å²) in [6, 6.07) is 3.37. The van der Waals surface area contributed by atoms with Gasteiger partial charge in [-0.3, -0.25) is 9.59 Å². The van der Waals surface area contributed by atoms with Gasteiger partial charge in [-0.1, -0.05) is 0 Å². The Morgan fingerprint density at radius 3 is 2.24 bits per heavy atom. The van der Waals surface area contributed by atoms with Gasteiger partial charge in [-0.05, 0) is 19.1 Å². The van der Waals surface area contributed by atoms with E-state index >= 15 is 0 Å². The molecule has 1 rings (SSSR count).